The Bertz CT molecular complexity index is 578. The van der Waals surface area contributed by atoms with Crippen LogP contribution in [0.4, 0.5) is 0 Å². The van der Waals surface area contributed by atoms with Crippen LogP contribution in [0.1, 0.15) is 40.9 Å². The van der Waals surface area contributed by atoms with Gasteiger partial charge in [0.2, 0.25) is 0 Å². The lowest BCUT2D eigenvalue weighted by atomic mass is 10.0. The number of benzene rings is 2. The first-order valence-corrected chi connectivity index (χ1v) is 7.17. The smallest absolute Gasteiger partial charge is 0.251 e. The van der Waals surface area contributed by atoms with Crippen LogP contribution in [0.3, 0.4) is 0 Å². The van der Waals surface area contributed by atoms with E-state index in [1.54, 1.807) is 0 Å². The Labute approximate surface area is 125 Å². The summed E-state index contributed by atoms with van der Waals surface area (Å²) in [6.45, 7) is 3.89. The number of hydrogen-bond acceptors (Lipinski definition) is 2. The summed E-state index contributed by atoms with van der Waals surface area (Å²) in [6, 6.07) is 16.8. The van der Waals surface area contributed by atoms with Crippen LogP contribution in [0.25, 0.3) is 0 Å². The molecule has 0 aromatic heterocycles. The fourth-order valence-corrected chi connectivity index (χ4v) is 2.22. The third-order valence-corrected chi connectivity index (χ3v) is 3.45. The molecule has 0 saturated carbocycles. The van der Waals surface area contributed by atoms with E-state index in [-0.39, 0.29) is 11.9 Å². The molecule has 0 heterocycles. The number of rotatable bonds is 5. The Balaban J connectivity index is 1.91. The van der Waals surface area contributed by atoms with Gasteiger partial charge in [0, 0.05) is 11.6 Å². The highest BCUT2D eigenvalue weighted by Crippen LogP contribution is 2.17. The summed E-state index contributed by atoms with van der Waals surface area (Å²) in [6.07, 6.45) is -0.0822. The molecule has 1 amide bonds. The Hall–Kier alpha value is -2.13. The van der Waals surface area contributed by atoms with E-state index in [0.717, 1.165) is 11.1 Å². The van der Waals surface area contributed by atoms with Crippen LogP contribution in [0, 0.1) is 6.92 Å². The molecule has 0 bridgehead atoms. The highest BCUT2D eigenvalue weighted by Gasteiger charge is 2.15. The number of amides is 1. The predicted octanol–water partition coefficient (Wildman–Crippen LogP) is 3.24. The van der Waals surface area contributed by atoms with E-state index in [9.17, 15) is 9.90 Å². The maximum atomic E-state index is 12.1. The average molecular weight is 283 g/mol. The predicted molar refractivity (Wildman–Crippen MR) is 84.1 cm³/mol. The van der Waals surface area contributed by atoms with E-state index in [2.05, 4.69) is 5.32 Å². The lowest BCUT2D eigenvalue weighted by molar-refractivity contribution is 0.0917. The molecule has 2 atom stereocenters. The molecule has 2 aromatic rings. The van der Waals surface area contributed by atoms with Crippen LogP contribution in [0.15, 0.2) is 54.6 Å². The molecule has 0 unspecified atom stereocenters. The van der Waals surface area contributed by atoms with Crippen molar-refractivity contribution in [2.24, 2.45) is 0 Å². The van der Waals surface area contributed by atoms with Crippen molar-refractivity contribution < 1.29 is 9.90 Å². The Morgan fingerprint density at radius 3 is 2.33 bits per heavy atom. The fourth-order valence-electron chi connectivity index (χ4n) is 2.22. The second-order valence-electron chi connectivity index (χ2n) is 5.40. The third kappa shape index (κ3) is 4.43. The van der Waals surface area contributed by atoms with Crippen LogP contribution < -0.4 is 5.32 Å². The van der Waals surface area contributed by atoms with Crippen molar-refractivity contribution in [3.63, 3.8) is 0 Å². The number of nitrogens with one attached hydrogen (secondary N) is 1. The molecule has 2 N–H and O–H groups in total. The Morgan fingerprint density at radius 1 is 1.10 bits per heavy atom. The molecule has 110 valence electrons. The maximum Gasteiger partial charge on any atom is 0.251 e. The molecule has 0 aliphatic rings. The van der Waals surface area contributed by atoms with Crippen molar-refractivity contribution in [2.75, 3.05) is 0 Å². The lowest BCUT2D eigenvalue weighted by Gasteiger charge is -2.18. The summed E-state index contributed by atoms with van der Waals surface area (Å²) >= 11 is 0. The van der Waals surface area contributed by atoms with Crippen LogP contribution >= 0.6 is 0 Å². The molecule has 0 saturated heterocycles. The van der Waals surface area contributed by atoms with Crippen LogP contribution in [0.2, 0.25) is 0 Å². The molecule has 2 rings (SSSR count). The van der Waals surface area contributed by atoms with Crippen LogP contribution in [0.5, 0.6) is 0 Å². The van der Waals surface area contributed by atoms with Crippen LogP contribution in [-0.2, 0) is 0 Å². The summed E-state index contributed by atoms with van der Waals surface area (Å²) in [5, 5.41) is 13.1. The van der Waals surface area contributed by atoms with Gasteiger partial charge >= 0.3 is 0 Å². The SMILES string of the molecule is Cc1ccc(C(=O)N[C@H](C)C[C@@H](O)c2ccccc2)cc1. The number of hydrogen-bond donors (Lipinski definition) is 2. The normalized spacial score (nSPS) is 13.5. The Morgan fingerprint density at radius 2 is 1.71 bits per heavy atom. The van der Waals surface area contributed by atoms with E-state index in [4.69, 9.17) is 0 Å². The van der Waals surface area contributed by atoms with Gasteiger partial charge in [-0.15, -0.1) is 0 Å². The van der Waals surface area contributed by atoms with Gasteiger partial charge in [0.1, 0.15) is 0 Å². The van der Waals surface area contributed by atoms with Crippen molar-refractivity contribution in [1.29, 1.82) is 0 Å². The summed E-state index contributed by atoms with van der Waals surface area (Å²) in [7, 11) is 0. The highest BCUT2D eigenvalue weighted by molar-refractivity contribution is 5.94. The van der Waals surface area contributed by atoms with E-state index < -0.39 is 6.10 Å². The van der Waals surface area contributed by atoms with Gasteiger partial charge in [-0.3, -0.25) is 4.79 Å². The highest BCUT2D eigenvalue weighted by atomic mass is 16.3. The molecule has 3 nitrogen and oxygen atoms in total. The van der Waals surface area contributed by atoms with Crippen molar-refractivity contribution in [2.45, 2.75) is 32.4 Å². The summed E-state index contributed by atoms with van der Waals surface area (Å²) in [4.78, 5) is 12.1. The van der Waals surface area contributed by atoms with E-state index in [1.807, 2.05) is 68.4 Å². The topological polar surface area (TPSA) is 49.3 Å². The van der Waals surface area contributed by atoms with Crippen molar-refractivity contribution in [3.8, 4) is 0 Å². The largest absolute Gasteiger partial charge is 0.388 e. The summed E-state index contributed by atoms with van der Waals surface area (Å²) < 4.78 is 0. The summed E-state index contributed by atoms with van der Waals surface area (Å²) in [5.74, 6) is -0.109. The van der Waals surface area contributed by atoms with Gasteiger partial charge in [-0.2, -0.15) is 0 Å². The summed E-state index contributed by atoms with van der Waals surface area (Å²) in [5.41, 5.74) is 2.63. The van der Waals surface area contributed by atoms with Crippen molar-refractivity contribution >= 4 is 5.91 Å². The van der Waals surface area contributed by atoms with Gasteiger partial charge in [-0.05, 0) is 38.0 Å². The third-order valence-electron chi connectivity index (χ3n) is 3.45. The molecule has 21 heavy (non-hydrogen) atoms. The first-order valence-electron chi connectivity index (χ1n) is 7.17. The number of aryl methyl sites for hydroxylation is 1. The number of aliphatic hydroxyl groups excluding tert-OH is 1. The molecular formula is C18H21NO2. The minimum Gasteiger partial charge on any atom is -0.388 e. The number of aliphatic hydroxyl groups is 1. The molecule has 3 heteroatoms. The second-order valence-corrected chi connectivity index (χ2v) is 5.40. The second kappa shape index (κ2) is 7.04. The van der Waals surface area contributed by atoms with Gasteiger partial charge in [0.25, 0.3) is 5.91 Å². The first-order chi connectivity index (χ1) is 10.1. The van der Waals surface area contributed by atoms with Gasteiger partial charge in [-0.1, -0.05) is 48.0 Å². The lowest BCUT2D eigenvalue weighted by Crippen LogP contribution is -2.33. The zero-order valence-corrected chi connectivity index (χ0v) is 12.4. The maximum absolute atomic E-state index is 12.1. The number of carbonyl (C=O) groups excluding carboxylic acids is 1. The van der Waals surface area contributed by atoms with E-state index in [0.29, 0.717) is 12.0 Å². The molecule has 0 radical (unpaired) electrons. The minimum absolute atomic E-state index is 0.103. The van der Waals surface area contributed by atoms with Crippen LogP contribution in [-0.4, -0.2) is 17.1 Å². The van der Waals surface area contributed by atoms with Crippen molar-refractivity contribution in [1.82, 2.24) is 5.32 Å². The fraction of sp³-hybridized carbons (Fsp3) is 0.278. The van der Waals surface area contributed by atoms with E-state index in [1.165, 1.54) is 0 Å². The minimum atomic E-state index is -0.570. The molecule has 2 aromatic carbocycles. The monoisotopic (exact) mass is 283 g/mol. The molecule has 0 spiro atoms. The first kappa shape index (κ1) is 15.3. The van der Waals surface area contributed by atoms with Crippen molar-refractivity contribution in [3.05, 3.63) is 71.3 Å². The van der Waals surface area contributed by atoms with E-state index >= 15 is 0 Å². The molecule has 0 aliphatic heterocycles. The van der Waals surface area contributed by atoms with Gasteiger partial charge in [0.05, 0.1) is 6.10 Å². The van der Waals surface area contributed by atoms with Gasteiger partial charge in [0.15, 0.2) is 0 Å². The van der Waals surface area contributed by atoms with Gasteiger partial charge < -0.3 is 10.4 Å². The number of carbonyl (C=O) groups is 1. The Kier molecular flexibility index (Phi) is 5.12. The molecule has 0 fully saturated rings. The molecule has 0 aliphatic carbocycles. The average Bonchev–Trinajstić information content (AvgIpc) is 2.48. The quantitative estimate of drug-likeness (QED) is 0.885. The zero-order valence-electron chi connectivity index (χ0n) is 12.4. The standard InChI is InChI=1S/C18H21NO2/c1-13-8-10-16(11-9-13)18(21)19-14(2)12-17(20)15-6-4-3-5-7-15/h3-11,14,17,20H,12H2,1-2H3,(H,19,21)/t14-,17-/m1/s1. The molecular weight excluding hydrogens is 262 g/mol. The van der Waals surface area contributed by atoms with Gasteiger partial charge in [-0.25, -0.2) is 0 Å². The zero-order chi connectivity index (χ0) is 15.2.